The van der Waals surface area contributed by atoms with Crippen LogP contribution in [0, 0.1) is 11.6 Å². The molecule has 0 atom stereocenters. The summed E-state index contributed by atoms with van der Waals surface area (Å²) >= 11 is 1.30. The second-order valence-corrected chi connectivity index (χ2v) is 5.85. The topological polar surface area (TPSA) is 38.3 Å². The summed E-state index contributed by atoms with van der Waals surface area (Å²) in [5.74, 6) is -0.659. The van der Waals surface area contributed by atoms with Crippen LogP contribution in [-0.2, 0) is 4.79 Å². The smallest absolute Gasteiger partial charge is 0.225 e. The van der Waals surface area contributed by atoms with Crippen LogP contribution in [0.5, 0.6) is 5.75 Å². The Hall–Kier alpha value is -2.08. The van der Waals surface area contributed by atoms with Crippen molar-refractivity contribution >= 4 is 23.4 Å². The molecule has 1 amide bonds. The van der Waals surface area contributed by atoms with E-state index in [1.807, 2.05) is 6.92 Å². The second kappa shape index (κ2) is 8.53. The van der Waals surface area contributed by atoms with Crippen LogP contribution >= 0.6 is 11.8 Å². The molecule has 23 heavy (non-hydrogen) atoms. The van der Waals surface area contributed by atoms with E-state index in [0.717, 1.165) is 17.9 Å². The van der Waals surface area contributed by atoms with Crippen LogP contribution in [0.2, 0.25) is 0 Å². The predicted octanol–water partition coefficient (Wildman–Crippen LogP) is 4.48. The molecule has 0 saturated heterocycles. The first-order chi connectivity index (χ1) is 11.1. The molecule has 2 rings (SSSR count). The van der Waals surface area contributed by atoms with Crippen molar-refractivity contribution in [1.29, 1.82) is 0 Å². The minimum atomic E-state index is -0.881. The van der Waals surface area contributed by atoms with Gasteiger partial charge < -0.3 is 10.1 Å². The predicted molar refractivity (Wildman–Crippen MR) is 87.9 cm³/mol. The standard InChI is InChI=1S/C17H17F2NO2S/c1-2-22-13-5-3-12(4-6-13)20-17(21)9-10-23-14-7-8-15(18)16(19)11-14/h3-8,11H,2,9-10H2,1H3,(H,20,21). The number of thioether (sulfide) groups is 1. The van der Waals surface area contributed by atoms with Crippen molar-refractivity contribution < 1.29 is 18.3 Å². The van der Waals surface area contributed by atoms with E-state index in [9.17, 15) is 13.6 Å². The van der Waals surface area contributed by atoms with Crippen LogP contribution in [0.25, 0.3) is 0 Å². The van der Waals surface area contributed by atoms with Crippen LogP contribution in [0.1, 0.15) is 13.3 Å². The molecule has 0 aromatic heterocycles. The number of nitrogens with one attached hydrogen (secondary N) is 1. The monoisotopic (exact) mass is 337 g/mol. The third-order valence-electron chi connectivity index (χ3n) is 2.94. The lowest BCUT2D eigenvalue weighted by Gasteiger charge is -2.07. The largest absolute Gasteiger partial charge is 0.494 e. The van der Waals surface area contributed by atoms with Crippen molar-refractivity contribution in [3.63, 3.8) is 0 Å². The Bertz CT molecular complexity index is 662. The third kappa shape index (κ3) is 5.56. The van der Waals surface area contributed by atoms with Gasteiger partial charge in [0.1, 0.15) is 5.75 Å². The first kappa shape index (κ1) is 17.3. The fraction of sp³-hybridized carbons (Fsp3) is 0.235. The van der Waals surface area contributed by atoms with Crippen molar-refractivity contribution in [2.24, 2.45) is 0 Å². The summed E-state index contributed by atoms with van der Waals surface area (Å²) < 4.78 is 31.2. The lowest BCUT2D eigenvalue weighted by molar-refractivity contribution is -0.115. The number of halogens is 2. The highest BCUT2D eigenvalue weighted by Crippen LogP contribution is 2.21. The maximum atomic E-state index is 13.1. The molecule has 0 unspecified atom stereocenters. The maximum Gasteiger partial charge on any atom is 0.225 e. The fourth-order valence-corrected chi connectivity index (χ4v) is 2.73. The fourth-order valence-electron chi connectivity index (χ4n) is 1.85. The summed E-state index contributed by atoms with van der Waals surface area (Å²) in [7, 11) is 0. The van der Waals surface area contributed by atoms with Gasteiger partial charge in [0.2, 0.25) is 5.91 Å². The second-order valence-electron chi connectivity index (χ2n) is 4.68. The average Bonchev–Trinajstić information content (AvgIpc) is 2.53. The van der Waals surface area contributed by atoms with Crippen LogP contribution in [0.4, 0.5) is 14.5 Å². The van der Waals surface area contributed by atoms with Crippen LogP contribution in [0.3, 0.4) is 0 Å². The highest BCUT2D eigenvalue weighted by molar-refractivity contribution is 7.99. The number of rotatable bonds is 7. The normalized spacial score (nSPS) is 10.4. The Morgan fingerprint density at radius 1 is 1.13 bits per heavy atom. The zero-order valence-corrected chi connectivity index (χ0v) is 13.5. The first-order valence-corrected chi connectivity index (χ1v) is 8.17. The van der Waals surface area contributed by atoms with E-state index in [2.05, 4.69) is 5.32 Å². The van der Waals surface area contributed by atoms with E-state index >= 15 is 0 Å². The van der Waals surface area contributed by atoms with E-state index in [0.29, 0.717) is 22.9 Å². The SMILES string of the molecule is CCOc1ccc(NC(=O)CCSc2ccc(F)c(F)c2)cc1. The average molecular weight is 337 g/mol. The quantitative estimate of drug-likeness (QED) is 0.757. The highest BCUT2D eigenvalue weighted by atomic mass is 32.2. The number of carbonyl (C=O) groups is 1. The Labute approximate surface area is 138 Å². The summed E-state index contributed by atoms with van der Waals surface area (Å²) in [6, 6.07) is 10.8. The maximum absolute atomic E-state index is 13.1. The molecule has 0 heterocycles. The van der Waals surface area contributed by atoms with Gasteiger partial charge in [-0.05, 0) is 49.4 Å². The summed E-state index contributed by atoms with van der Waals surface area (Å²) in [5, 5.41) is 2.78. The number of benzene rings is 2. The minimum absolute atomic E-state index is 0.135. The summed E-state index contributed by atoms with van der Waals surface area (Å²) in [6.07, 6.45) is 0.275. The van der Waals surface area contributed by atoms with Crippen LogP contribution in [0.15, 0.2) is 47.4 Å². The number of hydrogen-bond acceptors (Lipinski definition) is 3. The van der Waals surface area contributed by atoms with Gasteiger partial charge in [0.05, 0.1) is 6.61 Å². The molecule has 0 spiro atoms. The van der Waals surface area contributed by atoms with E-state index in [-0.39, 0.29) is 12.3 Å². The molecular formula is C17H17F2NO2S. The molecule has 122 valence electrons. The third-order valence-corrected chi connectivity index (χ3v) is 3.93. The van der Waals surface area contributed by atoms with Crippen molar-refractivity contribution in [3.8, 4) is 5.75 Å². The number of anilines is 1. The van der Waals surface area contributed by atoms with Crippen LogP contribution in [-0.4, -0.2) is 18.3 Å². The van der Waals surface area contributed by atoms with Crippen molar-refractivity contribution in [3.05, 3.63) is 54.1 Å². The van der Waals surface area contributed by atoms with Crippen LogP contribution < -0.4 is 10.1 Å². The van der Waals surface area contributed by atoms with Gasteiger partial charge in [-0.3, -0.25) is 4.79 Å². The van der Waals surface area contributed by atoms with Gasteiger partial charge in [-0.15, -0.1) is 11.8 Å². The van der Waals surface area contributed by atoms with Gasteiger partial charge in [0.15, 0.2) is 11.6 Å². The Morgan fingerprint density at radius 3 is 2.52 bits per heavy atom. The lowest BCUT2D eigenvalue weighted by atomic mass is 10.3. The lowest BCUT2D eigenvalue weighted by Crippen LogP contribution is -2.12. The molecule has 0 aliphatic rings. The first-order valence-electron chi connectivity index (χ1n) is 7.19. The summed E-state index contributed by atoms with van der Waals surface area (Å²) in [6.45, 7) is 2.49. The molecule has 3 nitrogen and oxygen atoms in total. The van der Waals surface area contributed by atoms with E-state index in [1.165, 1.54) is 17.8 Å². The molecule has 0 fully saturated rings. The van der Waals surface area contributed by atoms with Gasteiger partial charge in [0, 0.05) is 22.8 Å². The number of carbonyl (C=O) groups excluding carboxylic acids is 1. The van der Waals surface area contributed by atoms with Crippen molar-refractivity contribution in [2.75, 3.05) is 17.7 Å². The molecule has 2 aromatic carbocycles. The van der Waals surface area contributed by atoms with Gasteiger partial charge in [-0.25, -0.2) is 8.78 Å². The molecule has 0 saturated carbocycles. The summed E-state index contributed by atoms with van der Waals surface area (Å²) in [5.41, 5.74) is 0.691. The van der Waals surface area contributed by atoms with Crippen molar-refractivity contribution in [1.82, 2.24) is 0 Å². The zero-order chi connectivity index (χ0) is 16.7. The molecule has 0 bridgehead atoms. The highest BCUT2D eigenvalue weighted by Gasteiger charge is 2.06. The van der Waals surface area contributed by atoms with E-state index in [4.69, 9.17) is 4.74 Å². The number of hydrogen-bond donors (Lipinski definition) is 1. The molecule has 0 aliphatic carbocycles. The van der Waals surface area contributed by atoms with Gasteiger partial charge in [-0.2, -0.15) is 0 Å². The van der Waals surface area contributed by atoms with E-state index in [1.54, 1.807) is 24.3 Å². The van der Waals surface area contributed by atoms with Gasteiger partial charge in [-0.1, -0.05) is 0 Å². The molecule has 0 aliphatic heterocycles. The number of amides is 1. The Balaban J connectivity index is 1.77. The molecule has 6 heteroatoms. The van der Waals surface area contributed by atoms with E-state index < -0.39 is 11.6 Å². The molecular weight excluding hydrogens is 320 g/mol. The van der Waals surface area contributed by atoms with Gasteiger partial charge >= 0.3 is 0 Å². The summed E-state index contributed by atoms with van der Waals surface area (Å²) in [4.78, 5) is 12.4. The van der Waals surface area contributed by atoms with Gasteiger partial charge in [0.25, 0.3) is 0 Å². The zero-order valence-electron chi connectivity index (χ0n) is 12.6. The molecule has 1 N–H and O–H groups in total. The number of ether oxygens (including phenoxy) is 1. The Kier molecular flexibility index (Phi) is 6.40. The molecule has 0 radical (unpaired) electrons. The Morgan fingerprint density at radius 2 is 1.87 bits per heavy atom. The van der Waals surface area contributed by atoms with Crippen molar-refractivity contribution in [2.45, 2.75) is 18.2 Å². The minimum Gasteiger partial charge on any atom is -0.494 e. The molecule has 2 aromatic rings.